The average molecular weight is 398 g/mol. The van der Waals surface area contributed by atoms with Crippen LogP contribution in [0.1, 0.15) is 15.9 Å². The van der Waals surface area contributed by atoms with Crippen molar-refractivity contribution in [3.05, 3.63) is 88.8 Å². The predicted octanol–water partition coefficient (Wildman–Crippen LogP) is 5.17. The van der Waals surface area contributed by atoms with Crippen molar-refractivity contribution >= 4 is 29.0 Å². The van der Waals surface area contributed by atoms with Gasteiger partial charge >= 0.3 is 0 Å². The molecule has 5 rings (SSSR count). The standard InChI is InChI=1S/C22H14N4O2S/c27-19(13-4-2-1-3-5-13)16-10-11-17-18(12-16)24-20(23-17)14-6-8-15(9-7-14)21-25-26-22(29)28-21/h1-12H,(H,23,24)(H,26,29). The number of nitrogens with one attached hydrogen (secondary N) is 2. The maximum Gasteiger partial charge on any atom is 0.284 e. The highest BCUT2D eigenvalue weighted by Crippen LogP contribution is 2.25. The second-order valence-corrected chi connectivity index (χ2v) is 6.88. The van der Waals surface area contributed by atoms with E-state index in [-0.39, 0.29) is 10.6 Å². The van der Waals surface area contributed by atoms with Gasteiger partial charge in [-0.15, -0.1) is 5.10 Å². The van der Waals surface area contributed by atoms with Crippen molar-refractivity contribution in [1.82, 2.24) is 20.2 Å². The molecule has 0 radical (unpaired) electrons. The summed E-state index contributed by atoms with van der Waals surface area (Å²) in [4.78, 5) is 20.9. The molecule has 0 saturated heterocycles. The monoisotopic (exact) mass is 398 g/mol. The van der Waals surface area contributed by atoms with Crippen LogP contribution in [0, 0.1) is 4.84 Å². The summed E-state index contributed by atoms with van der Waals surface area (Å²) < 4.78 is 5.33. The molecule has 5 aromatic rings. The lowest BCUT2D eigenvalue weighted by Crippen LogP contribution is -2.00. The molecule has 0 bridgehead atoms. The molecule has 0 saturated carbocycles. The van der Waals surface area contributed by atoms with Crippen molar-refractivity contribution in [3.63, 3.8) is 0 Å². The van der Waals surface area contributed by atoms with Gasteiger partial charge in [-0.1, -0.05) is 42.5 Å². The molecule has 2 heterocycles. The number of benzene rings is 3. The van der Waals surface area contributed by atoms with Crippen LogP contribution in [-0.4, -0.2) is 25.9 Å². The van der Waals surface area contributed by atoms with Crippen molar-refractivity contribution in [2.75, 3.05) is 0 Å². The summed E-state index contributed by atoms with van der Waals surface area (Å²) in [5.74, 6) is 1.14. The first-order valence-electron chi connectivity index (χ1n) is 8.93. The summed E-state index contributed by atoms with van der Waals surface area (Å²) in [5, 5.41) is 6.63. The Morgan fingerprint density at radius 2 is 1.66 bits per heavy atom. The first kappa shape index (κ1) is 17.3. The van der Waals surface area contributed by atoms with Crippen LogP contribution in [0.15, 0.2) is 77.2 Å². The molecule has 0 spiro atoms. The highest BCUT2D eigenvalue weighted by atomic mass is 32.1. The maximum atomic E-state index is 12.7. The zero-order chi connectivity index (χ0) is 19.8. The van der Waals surface area contributed by atoms with Crippen LogP contribution in [0.5, 0.6) is 0 Å². The van der Waals surface area contributed by atoms with Gasteiger partial charge in [-0.05, 0) is 42.5 Å². The fourth-order valence-corrected chi connectivity index (χ4v) is 3.29. The summed E-state index contributed by atoms with van der Waals surface area (Å²) in [6, 6.07) is 22.4. The number of hydrogen-bond donors (Lipinski definition) is 2. The second kappa shape index (κ2) is 6.96. The third-order valence-corrected chi connectivity index (χ3v) is 4.80. The number of carbonyl (C=O) groups is 1. The summed E-state index contributed by atoms with van der Waals surface area (Å²) in [6.07, 6.45) is 0. The molecule has 2 N–H and O–H groups in total. The van der Waals surface area contributed by atoms with Crippen molar-refractivity contribution in [3.8, 4) is 22.8 Å². The molecule has 6 nitrogen and oxygen atoms in total. The molecule has 0 unspecified atom stereocenters. The molecule has 0 fully saturated rings. The molecular formula is C22H14N4O2S. The highest BCUT2D eigenvalue weighted by Gasteiger charge is 2.12. The fourth-order valence-electron chi connectivity index (χ4n) is 3.17. The Labute approximate surface area is 170 Å². The molecule has 0 aliphatic rings. The van der Waals surface area contributed by atoms with Crippen molar-refractivity contribution < 1.29 is 9.21 Å². The smallest absolute Gasteiger partial charge is 0.284 e. The number of rotatable bonds is 4. The Balaban J connectivity index is 1.47. The Kier molecular flexibility index (Phi) is 4.14. The number of aromatic nitrogens is 4. The van der Waals surface area contributed by atoms with Crippen molar-refractivity contribution in [2.24, 2.45) is 0 Å². The Morgan fingerprint density at radius 1 is 0.897 bits per heavy atom. The summed E-state index contributed by atoms with van der Waals surface area (Å²) >= 11 is 4.91. The first-order chi connectivity index (χ1) is 14.2. The van der Waals surface area contributed by atoms with Crippen LogP contribution in [0.3, 0.4) is 0 Å². The number of hydrogen-bond acceptors (Lipinski definition) is 5. The lowest BCUT2D eigenvalue weighted by Gasteiger charge is -2.00. The molecule has 0 aliphatic carbocycles. The summed E-state index contributed by atoms with van der Waals surface area (Å²) in [5.41, 5.74) is 4.61. The molecule has 2 aromatic heterocycles. The molecule has 29 heavy (non-hydrogen) atoms. The van der Waals surface area contributed by atoms with E-state index in [0.717, 1.165) is 28.0 Å². The lowest BCUT2D eigenvalue weighted by atomic mass is 10.0. The Hall–Kier alpha value is -3.84. The van der Waals surface area contributed by atoms with E-state index < -0.39 is 0 Å². The molecule has 0 aliphatic heterocycles. The molecular weight excluding hydrogens is 384 g/mol. The van der Waals surface area contributed by atoms with Crippen LogP contribution >= 0.6 is 12.2 Å². The molecule has 3 aromatic carbocycles. The third-order valence-electron chi connectivity index (χ3n) is 4.62. The van der Waals surface area contributed by atoms with Gasteiger partial charge in [0.15, 0.2) is 5.78 Å². The van der Waals surface area contributed by atoms with E-state index in [1.165, 1.54) is 0 Å². The zero-order valence-electron chi connectivity index (χ0n) is 15.0. The number of aromatic amines is 2. The van der Waals surface area contributed by atoms with E-state index in [9.17, 15) is 4.79 Å². The SMILES string of the molecule is O=C(c1ccccc1)c1ccc2nc(-c3ccc(-c4n[nH]c(=S)o4)cc3)[nH]c2c1. The Bertz CT molecular complexity index is 1380. The molecule has 0 amide bonds. The van der Waals surface area contributed by atoms with Crippen LogP contribution in [0.4, 0.5) is 0 Å². The number of ketones is 1. The Morgan fingerprint density at radius 3 is 2.38 bits per heavy atom. The van der Waals surface area contributed by atoms with Crippen molar-refractivity contribution in [1.29, 1.82) is 0 Å². The minimum atomic E-state index is -0.0168. The van der Waals surface area contributed by atoms with Crippen LogP contribution in [-0.2, 0) is 0 Å². The van der Waals surface area contributed by atoms with Gasteiger partial charge in [0, 0.05) is 22.3 Å². The molecule has 140 valence electrons. The zero-order valence-corrected chi connectivity index (χ0v) is 15.9. The number of carbonyl (C=O) groups excluding carboxylic acids is 1. The van der Waals surface area contributed by atoms with Gasteiger partial charge in [0.1, 0.15) is 5.82 Å². The van der Waals surface area contributed by atoms with Gasteiger partial charge in [0.05, 0.1) is 11.0 Å². The number of nitrogens with zero attached hydrogens (tertiary/aromatic N) is 2. The van der Waals surface area contributed by atoms with Crippen LogP contribution < -0.4 is 0 Å². The van der Waals surface area contributed by atoms with E-state index in [4.69, 9.17) is 16.6 Å². The van der Waals surface area contributed by atoms with Gasteiger partial charge < -0.3 is 9.40 Å². The van der Waals surface area contributed by atoms with Gasteiger partial charge in [-0.3, -0.25) is 4.79 Å². The fraction of sp³-hybridized carbons (Fsp3) is 0. The quantitative estimate of drug-likeness (QED) is 0.322. The second-order valence-electron chi connectivity index (χ2n) is 6.51. The normalized spacial score (nSPS) is 11.0. The van der Waals surface area contributed by atoms with E-state index in [2.05, 4.69) is 20.2 Å². The van der Waals surface area contributed by atoms with E-state index >= 15 is 0 Å². The molecule has 7 heteroatoms. The van der Waals surface area contributed by atoms with E-state index in [1.807, 2.05) is 66.7 Å². The van der Waals surface area contributed by atoms with E-state index in [0.29, 0.717) is 17.0 Å². The van der Waals surface area contributed by atoms with Crippen molar-refractivity contribution in [2.45, 2.75) is 0 Å². The first-order valence-corrected chi connectivity index (χ1v) is 9.34. The van der Waals surface area contributed by atoms with Gasteiger partial charge in [-0.2, -0.15) is 0 Å². The average Bonchev–Trinajstić information content (AvgIpc) is 3.39. The largest absolute Gasteiger partial charge is 0.409 e. The highest BCUT2D eigenvalue weighted by molar-refractivity contribution is 7.71. The minimum absolute atomic E-state index is 0.0168. The number of fused-ring (bicyclic) bond motifs is 1. The lowest BCUT2D eigenvalue weighted by molar-refractivity contribution is 0.103. The predicted molar refractivity (Wildman–Crippen MR) is 112 cm³/mol. The minimum Gasteiger partial charge on any atom is -0.409 e. The van der Waals surface area contributed by atoms with Gasteiger partial charge in [0.25, 0.3) is 4.84 Å². The topological polar surface area (TPSA) is 87.6 Å². The van der Waals surface area contributed by atoms with Gasteiger partial charge in [0.2, 0.25) is 5.89 Å². The third kappa shape index (κ3) is 3.28. The van der Waals surface area contributed by atoms with E-state index in [1.54, 1.807) is 6.07 Å². The number of imidazole rings is 1. The summed E-state index contributed by atoms with van der Waals surface area (Å²) in [7, 11) is 0. The van der Waals surface area contributed by atoms with Crippen LogP contribution in [0.2, 0.25) is 0 Å². The van der Waals surface area contributed by atoms with Crippen LogP contribution in [0.25, 0.3) is 33.9 Å². The summed E-state index contributed by atoms with van der Waals surface area (Å²) in [6.45, 7) is 0. The maximum absolute atomic E-state index is 12.7. The van der Waals surface area contributed by atoms with Gasteiger partial charge in [-0.25, -0.2) is 10.1 Å². The molecule has 0 atom stereocenters. The number of H-pyrrole nitrogens is 2.